The van der Waals surface area contributed by atoms with Gasteiger partial charge in [0, 0.05) is 29.6 Å². The maximum Gasteiger partial charge on any atom is 0.186 e. The molecular formula is C14H10F2N2O. The van der Waals surface area contributed by atoms with Crippen molar-refractivity contribution >= 4 is 0 Å². The first-order valence-electron chi connectivity index (χ1n) is 5.57. The number of hydrogen-bond donors (Lipinski definition) is 0. The molecule has 3 nitrogen and oxygen atoms in total. The summed E-state index contributed by atoms with van der Waals surface area (Å²) in [5.41, 5.74) is 0.441. The molecule has 1 aromatic heterocycles. The number of rotatable bonds is 2. The van der Waals surface area contributed by atoms with E-state index in [2.05, 4.69) is 0 Å². The van der Waals surface area contributed by atoms with Crippen molar-refractivity contribution in [3.05, 3.63) is 63.6 Å². The summed E-state index contributed by atoms with van der Waals surface area (Å²) in [6.07, 6.45) is 1.30. The van der Waals surface area contributed by atoms with Crippen molar-refractivity contribution < 1.29 is 8.78 Å². The molecule has 0 bridgehead atoms. The van der Waals surface area contributed by atoms with Gasteiger partial charge in [-0.05, 0) is 19.1 Å². The Morgan fingerprint density at radius 3 is 2.74 bits per heavy atom. The lowest BCUT2D eigenvalue weighted by Crippen LogP contribution is -2.14. The quantitative estimate of drug-likeness (QED) is 0.832. The van der Waals surface area contributed by atoms with Crippen molar-refractivity contribution in [2.45, 2.75) is 13.3 Å². The van der Waals surface area contributed by atoms with Gasteiger partial charge in [0.05, 0.1) is 18.2 Å². The van der Waals surface area contributed by atoms with Crippen molar-refractivity contribution in [3.8, 4) is 11.8 Å². The van der Waals surface area contributed by atoms with Crippen molar-refractivity contribution in [1.82, 2.24) is 4.57 Å². The molecule has 19 heavy (non-hydrogen) atoms. The van der Waals surface area contributed by atoms with E-state index in [4.69, 9.17) is 5.26 Å². The molecule has 1 aromatic carbocycles. The van der Waals surface area contributed by atoms with Crippen LogP contribution in [0.1, 0.15) is 11.3 Å². The summed E-state index contributed by atoms with van der Waals surface area (Å²) in [5, 5.41) is 8.64. The highest BCUT2D eigenvalue weighted by Gasteiger charge is 2.10. The van der Waals surface area contributed by atoms with Crippen LogP contribution in [0.5, 0.6) is 0 Å². The zero-order valence-corrected chi connectivity index (χ0v) is 10.2. The normalized spacial score (nSPS) is 10.2. The molecule has 0 saturated heterocycles. The van der Waals surface area contributed by atoms with Crippen LogP contribution in [0.25, 0.3) is 5.69 Å². The number of aromatic nitrogens is 1. The van der Waals surface area contributed by atoms with Crippen LogP contribution >= 0.6 is 0 Å². The van der Waals surface area contributed by atoms with Gasteiger partial charge in [0.25, 0.3) is 0 Å². The second kappa shape index (κ2) is 5.02. The highest BCUT2D eigenvalue weighted by molar-refractivity contribution is 5.37. The lowest BCUT2D eigenvalue weighted by molar-refractivity contribution is 0.591. The van der Waals surface area contributed by atoms with Crippen molar-refractivity contribution in [3.63, 3.8) is 0 Å². The maximum atomic E-state index is 13.7. The third-order valence-electron chi connectivity index (χ3n) is 2.76. The molecule has 0 atom stereocenters. The largest absolute Gasteiger partial charge is 0.318 e. The number of hydrogen-bond acceptors (Lipinski definition) is 2. The van der Waals surface area contributed by atoms with E-state index in [0.717, 1.165) is 18.2 Å². The Morgan fingerprint density at radius 2 is 2.05 bits per heavy atom. The molecule has 0 radical (unpaired) electrons. The van der Waals surface area contributed by atoms with Gasteiger partial charge in [0.1, 0.15) is 11.6 Å². The Labute approximate surface area is 108 Å². The first-order valence-corrected chi connectivity index (χ1v) is 5.57. The molecule has 0 aliphatic rings. The SMILES string of the molecule is Cc1cc(=O)c(CC#N)cn1-c1cc(F)ccc1F. The van der Waals surface area contributed by atoms with Crippen LogP contribution in [0.3, 0.4) is 0 Å². The molecule has 0 amide bonds. The fraction of sp³-hybridized carbons (Fsp3) is 0.143. The standard InChI is InChI=1S/C14H10F2N2O/c1-9-6-14(19)10(4-5-17)8-18(9)13-7-11(15)2-3-12(13)16/h2-3,6-8H,4H2,1H3. The summed E-state index contributed by atoms with van der Waals surface area (Å²) in [6.45, 7) is 1.61. The number of nitriles is 1. The van der Waals surface area contributed by atoms with E-state index in [1.807, 2.05) is 6.07 Å². The number of aryl methyl sites for hydroxylation is 1. The molecule has 0 unspecified atom stereocenters. The summed E-state index contributed by atoms with van der Waals surface area (Å²) in [7, 11) is 0. The van der Waals surface area contributed by atoms with E-state index in [1.54, 1.807) is 6.92 Å². The van der Waals surface area contributed by atoms with Crippen LogP contribution in [0.2, 0.25) is 0 Å². The molecule has 0 N–H and O–H groups in total. The minimum absolute atomic E-state index is 0.0108. The Bertz CT molecular complexity index is 729. The van der Waals surface area contributed by atoms with Crippen molar-refractivity contribution in [1.29, 1.82) is 5.26 Å². The Hall–Kier alpha value is -2.48. The topological polar surface area (TPSA) is 45.8 Å². The van der Waals surface area contributed by atoms with E-state index < -0.39 is 11.6 Å². The minimum atomic E-state index is -0.601. The molecule has 2 rings (SSSR count). The molecule has 2 aromatic rings. The number of halogens is 2. The van der Waals surface area contributed by atoms with Crippen LogP contribution in [0.4, 0.5) is 8.78 Å². The predicted molar refractivity (Wildman–Crippen MR) is 66.0 cm³/mol. The van der Waals surface area contributed by atoms with E-state index in [0.29, 0.717) is 5.69 Å². The van der Waals surface area contributed by atoms with E-state index in [9.17, 15) is 13.6 Å². The third kappa shape index (κ3) is 2.52. The summed E-state index contributed by atoms with van der Waals surface area (Å²) >= 11 is 0. The van der Waals surface area contributed by atoms with Crippen LogP contribution in [-0.4, -0.2) is 4.57 Å². The van der Waals surface area contributed by atoms with Gasteiger partial charge >= 0.3 is 0 Å². The summed E-state index contributed by atoms with van der Waals surface area (Å²) < 4.78 is 28.3. The van der Waals surface area contributed by atoms with Crippen molar-refractivity contribution in [2.75, 3.05) is 0 Å². The van der Waals surface area contributed by atoms with E-state index >= 15 is 0 Å². The van der Waals surface area contributed by atoms with Crippen LogP contribution in [0, 0.1) is 29.9 Å². The van der Waals surface area contributed by atoms with Crippen LogP contribution in [0.15, 0.2) is 35.3 Å². The molecule has 0 saturated carbocycles. The molecule has 96 valence electrons. The van der Waals surface area contributed by atoms with E-state index in [1.165, 1.54) is 16.8 Å². The van der Waals surface area contributed by atoms with Crippen molar-refractivity contribution in [2.24, 2.45) is 0 Å². The van der Waals surface area contributed by atoms with Crippen LogP contribution < -0.4 is 5.43 Å². The zero-order valence-electron chi connectivity index (χ0n) is 10.2. The molecule has 0 fully saturated rings. The van der Waals surface area contributed by atoms with Crippen LogP contribution in [-0.2, 0) is 6.42 Å². The van der Waals surface area contributed by atoms with Gasteiger partial charge in [-0.15, -0.1) is 0 Å². The second-order valence-electron chi connectivity index (χ2n) is 4.10. The van der Waals surface area contributed by atoms with Gasteiger partial charge < -0.3 is 4.57 Å². The number of benzene rings is 1. The minimum Gasteiger partial charge on any atom is -0.318 e. The fourth-order valence-electron chi connectivity index (χ4n) is 1.82. The lowest BCUT2D eigenvalue weighted by atomic mass is 10.1. The van der Waals surface area contributed by atoms with Gasteiger partial charge in [-0.1, -0.05) is 0 Å². The summed E-state index contributed by atoms with van der Waals surface area (Å²) in [4.78, 5) is 11.6. The molecule has 0 aliphatic heterocycles. The van der Waals surface area contributed by atoms with E-state index in [-0.39, 0.29) is 23.1 Å². The maximum absolute atomic E-state index is 13.7. The molecule has 5 heteroatoms. The summed E-state index contributed by atoms with van der Waals surface area (Å²) in [6, 6.07) is 6.26. The number of nitrogens with zero attached hydrogens (tertiary/aromatic N) is 2. The monoisotopic (exact) mass is 260 g/mol. The van der Waals surface area contributed by atoms with Gasteiger partial charge in [0.2, 0.25) is 0 Å². The first-order chi connectivity index (χ1) is 9.02. The molecule has 1 heterocycles. The zero-order chi connectivity index (χ0) is 14.0. The average molecular weight is 260 g/mol. The molecule has 0 spiro atoms. The number of pyridine rings is 1. The van der Waals surface area contributed by atoms with Gasteiger partial charge in [-0.3, -0.25) is 4.79 Å². The highest BCUT2D eigenvalue weighted by atomic mass is 19.1. The smallest absolute Gasteiger partial charge is 0.186 e. The average Bonchev–Trinajstić information content (AvgIpc) is 2.36. The predicted octanol–water partition coefficient (Wildman–Crippen LogP) is 2.49. The Balaban J connectivity index is 2.68. The van der Waals surface area contributed by atoms with Gasteiger partial charge in [-0.2, -0.15) is 5.26 Å². The molecule has 0 aliphatic carbocycles. The molecular weight excluding hydrogens is 250 g/mol. The van der Waals surface area contributed by atoms with Gasteiger partial charge in [-0.25, -0.2) is 8.78 Å². The third-order valence-corrected chi connectivity index (χ3v) is 2.76. The Kier molecular flexibility index (Phi) is 3.43. The fourth-order valence-corrected chi connectivity index (χ4v) is 1.82. The first kappa shape index (κ1) is 13.0. The van der Waals surface area contributed by atoms with Gasteiger partial charge in [0.15, 0.2) is 5.43 Å². The lowest BCUT2D eigenvalue weighted by Gasteiger charge is -2.12. The highest BCUT2D eigenvalue weighted by Crippen LogP contribution is 2.17. The summed E-state index contributed by atoms with van der Waals surface area (Å²) in [5.74, 6) is -1.17. The second-order valence-corrected chi connectivity index (χ2v) is 4.10. The Morgan fingerprint density at radius 1 is 1.32 bits per heavy atom.